The monoisotopic (exact) mass is 374 g/mol. The third kappa shape index (κ3) is 3.05. The topological polar surface area (TPSA) is 80.6 Å². The fraction of sp³-hybridized carbons (Fsp3) is 0.0909. The van der Waals surface area contributed by atoms with E-state index < -0.39 is 11.8 Å². The number of methoxy groups -OCH3 is 1. The van der Waals surface area contributed by atoms with Gasteiger partial charge in [-0.3, -0.25) is 20.4 Å². The van der Waals surface area contributed by atoms with Gasteiger partial charge in [-0.15, -0.1) is 0 Å². The van der Waals surface area contributed by atoms with Gasteiger partial charge in [0, 0.05) is 10.9 Å². The van der Waals surface area contributed by atoms with Gasteiger partial charge in [-0.2, -0.15) is 0 Å². The Morgan fingerprint density at radius 2 is 1.54 bits per heavy atom. The van der Waals surface area contributed by atoms with Gasteiger partial charge < -0.3 is 9.15 Å². The molecule has 6 nitrogen and oxygen atoms in total. The third-order valence-corrected chi connectivity index (χ3v) is 4.65. The molecule has 3 aromatic carbocycles. The van der Waals surface area contributed by atoms with Gasteiger partial charge >= 0.3 is 5.91 Å². The molecule has 6 heteroatoms. The van der Waals surface area contributed by atoms with Crippen molar-refractivity contribution < 1.29 is 18.7 Å². The molecule has 0 saturated heterocycles. The average Bonchev–Trinajstić information content (AvgIpc) is 3.07. The Hall–Kier alpha value is -3.80. The maximum Gasteiger partial charge on any atom is 0.305 e. The van der Waals surface area contributed by atoms with E-state index in [2.05, 4.69) is 10.9 Å². The van der Waals surface area contributed by atoms with E-state index in [1.165, 1.54) is 7.11 Å². The number of hydrogen-bond donors (Lipinski definition) is 2. The summed E-state index contributed by atoms with van der Waals surface area (Å²) < 4.78 is 10.9. The van der Waals surface area contributed by atoms with Crippen LogP contribution >= 0.6 is 0 Å². The summed E-state index contributed by atoms with van der Waals surface area (Å²) in [7, 11) is 1.50. The van der Waals surface area contributed by atoms with Crippen LogP contribution in [-0.2, 0) is 0 Å². The Morgan fingerprint density at radius 1 is 0.893 bits per heavy atom. The number of fused-ring (bicyclic) bond motifs is 2. The second kappa shape index (κ2) is 7.08. The number of hydrazine groups is 1. The van der Waals surface area contributed by atoms with Crippen LogP contribution in [-0.4, -0.2) is 18.9 Å². The summed E-state index contributed by atoms with van der Waals surface area (Å²) in [6.45, 7) is 1.80. The molecule has 1 aromatic heterocycles. The van der Waals surface area contributed by atoms with Gasteiger partial charge in [0.25, 0.3) is 5.91 Å². The molecule has 0 spiro atoms. The highest BCUT2D eigenvalue weighted by Crippen LogP contribution is 2.26. The molecular formula is C22H18N2O4. The molecule has 4 rings (SSSR count). The molecule has 0 unspecified atom stereocenters. The molecule has 1 heterocycles. The van der Waals surface area contributed by atoms with Gasteiger partial charge in [0.2, 0.25) is 0 Å². The molecule has 0 radical (unpaired) electrons. The maximum absolute atomic E-state index is 12.6. The number of hydrogen-bond acceptors (Lipinski definition) is 4. The van der Waals surface area contributed by atoms with Crippen LogP contribution < -0.4 is 15.6 Å². The van der Waals surface area contributed by atoms with E-state index in [0.717, 1.165) is 16.2 Å². The summed E-state index contributed by atoms with van der Waals surface area (Å²) in [5, 5.41) is 2.71. The van der Waals surface area contributed by atoms with Crippen molar-refractivity contribution in [2.75, 3.05) is 7.11 Å². The van der Waals surface area contributed by atoms with E-state index in [9.17, 15) is 9.59 Å². The van der Waals surface area contributed by atoms with Gasteiger partial charge in [0.15, 0.2) is 5.76 Å². The number of carbonyl (C=O) groups excluding carboxylic acids is 2. The summed E-state index contributed by atoms with van der Waals surface area (Å²) in [6, 6.07) is 18.5. The van der Waals surface area contributed by atoms with Crippen LogP contribution in [0.1, 0.15) is 26.5 Å². The molecule has 0 aliphatic carbocycles. The first-order chi connectivity index (χ1) is 13.6. The van der Waals surface area contributed by atoms with Crippen molar-refractivity contribution in [1.29, 1.82) is 0 Å². The number of amides is 2. The van der Waals surface area contributed by atoms with Crippen LogP contribution in [0.3, 0.4) is 0 Å². The van der Waals surface area contributed by atoms with E-state index in [4.69, 9.17) is 9.15 Å². The molecule has 0 saturated carbocycles. The Kier molecular flexibility index (Phi) is 4.45. The molecule has 28 heavy (non-hydrogen) atoms. The van der Waals surface area contributed by atoms with Gasteiger partial charge in [-0.25, -0.2) is 0 Å². The van der Waals surface area contributed by atoms with Gasteiger partial charge in [0.1, 0.15) is 11.3 Å². The van der Waals surface area contributed by atoms with E-state index >= 15 is 0 Å². The van der Waals surface area contributed by atoms with Crippen molar-refractivity contribution in [2.45, 2.75) is 6.92 Å². The van der Waals surface area contributed by atoms with Crippen LogP contribution in [0.5, 0.6) is 5.75 Å². The fourth-order valence-electron chi connectivity index (χ4n) is 3.19. The molecule has 4 aromatic rings. The highest BCUT2D eigenvalue weighted by molar-refractivity contribution is 6.04. The standard InChI is InChI=1S/C22H18N2O4/c1-13-16-9-5-6-10-18(16)28-20(13)22(26)24-23-21(25)17-11-14-7-3-4-8-15(14)12-19(17)27-2/h3-12H,1-2H3,(H,23,25)(H,24,26). The van der Waals surface area contributed by atoms with E-state index in [0.29, 0.717) is 22.5 Å². The lowest BCUT2D eigenvalue weighted by Gasteiger charge is -2.11. The molecule has 0 bridgehead atoms. The van der Waals surface area contributed by atoms with Gasteiger partial charge in [-0.05, 0) is 35.9 Å². The molecule has 0 atom stereocenters. The summed E-state index contributed by atoms with van der Waals surface area (Å²) in [5.74, 6) is -0.427. The summed E-state index contributed by atoms with van der Waals surface area (Å²) in [5.41, 5.74) is 6.49. The van der Waals surface area contributed by atoms with Crippen molar-refractivity contribution in [3.63, 3.8) is 0 Å². The highest BCUT2D eigenvalue weighted by atomic mass is 16.5. The largest absolute Gasteiger partial charge is 0.496 e. The zero-order valence-electron chi connectivity index (χ0n) is 15.4. The molecule has 0 aliphatic heterocycles. The summed E-state index contributed by atoms with van der Waals surface area (Å²) in [6.07, 6.45) is 0. The second-order valence-corrected chi connectivity index (χ2v) is 6.36. The Bertz CT molecular complexity index is 1210. The minimum Gasteiger partial charge on any atom is -0.496 e. The molecule has 2 N–H and O–H groups in total. The van der Waals surface area contributed by atoms with Crippen LogP contribution in [0.2, 0.25) is 0 Å². The van der Waals surface area contributed by atoms with E-state index in [1.807, 2.05) is 42.5 Å². The lowest BCUT2D eigenvalue weighted by Crippen LogP contribution is -2.41. The molecule has 2 amide bonds. The Balaban J connectivity index is 1.56. The SMILES string of the molecule is COc1cc2ccccc2cc1C(=O)NNC(=O)c1oc2ccccc2c1C. The number of carbonyl (C=O) groups is 2. The summed E-state index contributed by atoms with van der Waals surface area (Å²) >= 11 is 0. The van der Waals surface area contributed by atoms with Gasteiger partial charge in [-0.1, -0.05) is 42.5 Å². The van der Waals surface area contributed by atoms with Crippen LogP contribution in [0.25, 0.3) is 21.7 Å². The van der Waals surface area contributed by atoms with E-state index in [1.54, 1.807) is 25.1 Å². The highest BCUT2D eigenvalue weighted by Gasteiger charge is 2.19. The quantitative estimate of drug-likeness (QED) is 0.532. The maximum atomic E-state index is 12.6. The summed E-state index contributed by atoms with van der Waals surface area (Å²) in [4.78, 5) is 25.1. The van der Waals surface area contributed by atoms with Gasteiger partial charge in [0.05, 0.1) is 12.7 Å². The minimum absolute atomic E-state index is 0.159. The number of furan rings is 1. The third-order valence-electron chi connectivity index (χ3n) is 4.65. The zero-order chi connectivity index (χ0) is 19.7. The number of aryl methyl sites for hydroxylation is 1. The van der Waals surface area contributed by atoms with Crippen molar-refractivity contribution in [3.8, 4) is 5.75 Å². The molecule has 0 aliphatic rings. The first-order valence-corrected chi connectivity index (χ1v) is 8.74. The predicted molar refractivity (Wildman–Crippen MR) is 106 cm³/mol. The van der Waals surface area contributed by atoms with Crippen molar-refractivity contribution in [2.24, 2.45) is 0 Å². The zero-order valence-corrected chi connectivity index (χ0v) is 15.4. The number of benzene rings is 3. The van der Waals surface area contributed by atoms with Crippen LogP contribution in [0.15, 0.2) is 65.1 Å². The first-order valence-electron chi connectivity index (χ1n) is 8.74. The Labute approximate surface area is 161 Å². The predicted octanol–water partition coefficient (Wildman–Crippen LogP) is 3.98. The minimum atomic E-state index is -0.526. The van der Waals surface area contributed by atoms with Crippen molar-refractivity contribution in [1.82, 2.24) is 10.9 Å². The normalized spacial score (nSPS) is 10.8. The van der Waals surface area contributed by atoms with E-state index in [-0.39, 0.29) is 5.76 Å². The van der Waals surface area contributed by atoms with Crippen LogP contribution in [0.4, 0.5) is 0 Å². The smallest absolute Gasteiger partial charge is 0.305 e. The molecular weight excluding hydrogens is 356 g/mol. The lowest BCUT2D eigenvalue weighted by atomic mass is 10.1. The van der Waals surface area contributed by atoms with Crippen molar-refractivity contribution >= 4 is 33.6 Å². The first kappa shape index (κ1) is 17.6. The molecule has 140 valence electrons. The second-order valence-electron chi connectivity index (χ2n) is 6.36. The fourth-order valence-corrected chi connectivity index (χ4v) is 3.19. The number of para-hydroxylation sites is 1. The van der Waals surface area contributed by atoms with Crippen molar-refractivity contribution in [3.05, 3.63) is 77.6 Å². The number of ether oxygens (including phenoxy) is 1. The Morgan fingerprint density at radius 3 is 2.25 bits per heavy atom. The number of nitrogens with one attached hydrogen (secondary N) is 2. The lowest BCUT2D eigenvalue weighted by molar-refractivity contribution is 0.0830. The average molecular weight is 374 g/mol. The number of rotatable bonds is 3. The molecule has 0 fully saturated rings. The van der Waals surface area contributed by atoms with Crippen LogP contribution in [0, 0.1) is 6.92 Å².